The van der Waals surface area contributed by atoms with Crippen molar-refractivity contribution in [2.75, 3.05) is 0 Å². The van der Waals surface area contributed by atoms with Crippen molar-refractivity contribution in [2.45, 2.75) is 71.6 Å². The van der Waals surface area contributed by atoms with Gasteiger partial charge in [0.1, 0.15) is 0 Å². The Morgan fingerprint density at radius 2 is 1.85 bits per heavy atom. The average molecular weight is 182 g/mol. The first-order valence-electron chi connectivity index (χ1n) is 6.33. The predicted octanol–water partition coefficient (Wildman–Crippen LogP) is 4.78. The molecule has 0 heteroatoms. The summed E-state index contributed by atoms with van der Waals surface area (Å²) in [5, 5.41) is 0. The van der Waals surface area contributed by atoms with Crippen LogP contribution in [0, 0.1) is 11.8 Å². The summed E-state index contributed by atoms with van der Waals surface area (Å²) >= 11 is 0. The minimum Gasteiger partial charge on any atom is -0.0654 e. The highest BCUT2D eigenvalue weighted by Gasteiger charge is 2.19. The van der Waals surface area contributed by atoms with E-state index in [0.717, 1.165) is 11.8 Å². The second kappa shape index (κ2) is 6.45. The van der Waals surface area contributed by atoms with Gasteiger partial charge in [-0.05, 0) is 11.8 Å². The van der Waals surface area contributed by atoms with Gasteiger partial charge in [-0.25, -0.2) is 0 Å². The predicted molar refractivity (Wildman–Crippen MR) is 59.9 cm³/mol. The smallest absolute Gasteiger partial charge is 0.0414 e. The summed E-state index contributed by atoms with van der Waals surface area (Å²) in [7, 11) is 0. The molecule has 0 aromatic rings. The molecule has 0 N–H and O–H groups in total. The molecule has 1 unspecified atom stereocenters. The van der Waals surface area contributed by atoms with E-state index in [1.54, 1.807) is 0 Å². The highest BCUT2D eigenvalue weighted by Crippen LogP contribution is 2.34. The van der Waals surface area contributed by atoms with Gasteiger partial charge in [0.05, 0.1) is 0 Å². The minimum atomic E-state index is 0.978. The third-order valence-electron chi connectivity index (χ3n) is 3.29. The van der Waals surface area contributed by atoms with Crippen molar-refractivity contribution in [3.05, 3.63) is 0 Å². The molecule has 0 heterocycles. The molecular formula is C13H26. The van der Waals surface area contributed by atoms with Crippen LogP contribution in [0.1, 0.15) is 71.6 Å². The first-order valence-corrected chi connectivity index (χ1v) is 6.33. The summed E-state index contributed by atoms with van der Waals surface area (Å²) in [6.07, 6.45) is 13.3. The molecule has 78 valence electrons. The largest absolute Gasteiger partial charge is 0.0654 e. The summed E-state index contributed by atoms with van der Waals surface area (Å²) in [5.41, 5.74) is 0. The topological polar surface area (TPSA) is 0 Å². The van der Waals surface area contributed by atoms with Crippen LogP contribution in [0.2, 0.25) is 0 Å². The highest BCUT2D eigenvalue weighted by molar-refractivity contribution is 4.72. The van der Waals surface area contributed by atoms with Crippen LogP contribution in [0.3, 0.4) is 0 Å². The molecule has 0 aromatic heterocycles. The number of hydrogen-bond acceptors (Lipinski definition) is 0. The van der Waals surface area contributed by atoms with Crippen molar-refractivity contribution < 1.29 is 0 Å². The Morgan fingerprint density at radius 3 is 2.46 bits per heavy atom. The van der Waals surface area contributed by atoms with Gasteiger partial charge in [-0.3, -0.25) is 0 Å². The lowest BCUT2D eigenvalue weighted by Crippen LogP contribution is -1.93. The lowest BCUT2D eigenvalue weighted by atomic mass is 9.98. The lowest BCUT2D eigenvalue weighted by molar-refractivity contribution is 0.451. The maximum Gasteiger partial charge on any atom is -0.0414 e. The van der Waals surface area contributed by atoms with E-state index in [2.05, 4.69) is 13.8 Å². The van der Waals surface area contributed by atoms with Gasteiger partial charge < -0.3 is 0 Å². The van der Waals surface area contributed by atoms with Crippen LogP contribution in [-0.4, -0.2) is 0 Å². The molecule has 13 heavy (non-hydrogen) atoms. The monoisotopic (exact) mass is 182 g/mol. The molecule has 0 bridgehead atoms. The van der Waals surface area contributed by atoms with Crippen molar-refractivity contribution in [2.24, 2.45) is 11.8 Å². The Hall–Kier alpha value is 0. The number of hydrogen-bond donors (Lipinski definition) is 0. The van der Waals surface area contributed by atoms with Crippen LogP contribution in [-0.2, 0) is 0 Å². The van der Waals surface area contributed by atoms with Crippen molar-refractivity contribution in [3.8, 4) is 0 Å². The van der Waals surface area contributed by atoms with Crippen LogP contribution < -0.4 is 0 Å². The van der Waals surface area contributed by atoms with E-state index in [-0.39, 0.29) is 0 Å². The van der Waals surface area contributed by atoms with Crippen LogP contribution in [0.4, 0.5) is 0 Å². The van der Waals surface area contributed by atoms with Gasteiger partial charge in [0.15, 0.2) is 0 Å². The highest BCUT2D eigenvalue weighted by atomic mass is 14.3. The second-order valence-corrected chi connectivity index (χ2v) is 4.98. The molecule has 0 radical (unpaired) electrons. The minimum absolute atomic E-state index is 0.978. The molecule has 0 saturated heterocycles. The molecule has 1 aliphatic rings. The van der Waals surface area contributed by atoms with E-state index < -0.39 is 0 Å². The maximum absolute atomic E-state index is 2.41. The first-order chi connectivity index (χ1) is 6.33. The van der Waals surface area contributed by atoms with Crippen molar-refractivity contribution in [3.63, 3.8) is 0 Å². The molecular weight excluding hydrogens is 156 g/mol. The Bertz CT molecular complexity index is 113. The van der Waals surface area contributed by atoms with Crippen LogP contribution in [0.15, 0.2) is 0 Å². The van der Waals surface area contributed by atoms with E-state index in [9.17, 15) is 0 Å². The fourth-order valence-corrected chi connectivity index (χ4v) is 2.15. The zero-order chi connectivity index (χ0) is 9.52. The Morgan fingerprint density at radius 1 is 1.08 bits per heavy atom. The Kier molecular flexibility index (Phi) is 5.50. The zero-order valence-electron chi connectivity index (χ0n) is 9.52. The molecule has 1 atom stereocenters. The average Bonchev–Trinajstić information content (AvgIpc) is 2.88. The van der Waals surface area contributed by atoms with Crippen LogP contribution in [0.25, 0.3) is 0 Å². The Labute approximate surface area is 84.1 Å². The summed E-state index contributed by atoms with van der Waals surface area (Å²) in [5.74, 6) is 2.12. The van der Waals surface area contributed by atoms with Gasteiger partial charge in [-0.15, -0.1) is 0 Å². The zero-order valence-corrected chi connectivity index (χ0v) is 9.52. The molecule has 0 aliphatic heterocycles. The standard InChI is InChI=1S/C13H26/c1-3-7-12(2)8-5-4-6-9-13-10-11-13/h12-13H,3-11H2,1-2H3. The normalized spacial score (nSPS) is 18.9. The summed E-state index contributed by atoms with van der Waals surface area (Å²) in [6.45, 7) is 4.70. The van der Waals surface area contributed by atoms with Gasteiger partial charge in [0.25, 0.3) is 0 Å². The summed E-state index contributed by atoms with van der Waals surface area (Å²) in [6, 6.07) is 0. The van der Waals surface area contributed by atoms with Crippen LogP contribution >= 0.6 is 0 Å². The third-order valence-corrected chi connectivity index (χ3v) is 3.29. The number of rotatable bonds is 8. The van der Waals surface area contributed by atoms with Crippen molar-refractivity contribution in [1.82, 2.24) is 0 Å². The first kappa shape index (κ1) is 11.1. The quantitative estimate of drug-likeness (QED) is 0.474. The molecule has 1 saturated carbocycles. The molecule has 0 aromatic carbocycles. The van der Waals surface area contributed by atoms with E-state index in [1.807, 2.05) is 0 Å². The molecule has 0 nitrogen and oxygen atoms in total. The molecule has 0 spiro atoms. The SMILES string of the molecule is CCCC(C)CCCCCC1CC1. The maximum atomic E-state index is 2.41. The molecule has 1 rings (SSSR count). The molecule has 1 fully saturated rings. The fourth-order valence-electron chi connectivity index (χ4n) is 2.15. The Balaban J connectivity index is 1.76. The van der Waals surface area contributed by atoms with Gasteiger partial charge in [-0.2, -0.15) is 0 Å². The lowest BCUT2D eigenvalue weighted by Gasteiger charge is -2.08. The van der Waals surface area contributed by atoms with E-state index in [1.165, 1.54) is 57.8 Å². The van der Waals surface area contributed by atoms with Crippen molar-refractivity contribution >= 4 is 0 Å². The van der Waals surface area contributed by atoms with Gasteiger partial charge in [0, 0.05) is 0 Å². The van der Waals surface area contributed by atoms with Gasteiger partial charge in [0.2, 0.25) is 0 Å². The van der Waals surface area contributed by atoms with E-state index >= 15 is 0 Å². The molecule has 0 amide bonds. The van der Waals surface area contributed by atoms with Crippen molar-refractivity contribution in [1.29, 1.82) is 0 Å². The second-order valence-electron chi connectivity index (χ2n) is 4.98. The summed E-state index contributed by atoms with van der Waals surface area (Å²) in [4.78, 5) is 0. The van der Waals surface area contributed by atoms with E-state index in [0.29, 0.717) is 0 Å². The van der Waals surface area contributed by atoms with Gasteiger partial charge in [-0.1, -0.05) is 71.6 Å². The molecule has 1 aliphatic carbocycles. The fraction of sp³-hybridized carbons (Fsp3) is 1.00. The van der Waals surface area contributed by atoms with E-state index in [4.69, 9.17) is 0 Å². The van der Waals surface area contributed by atoms with Gasteiger partial charge >= 0.3 is 0 Å². The van der Waals surface area contributed by atoms with Crippen LogP contribution in [0.5, 0.6) is 0 Å². The number of unbranched alkanes of at least 4 members (excludes halogenated alkanes) is 2. The summed E-state index contributed by atoms with van der Waals surface area (Å²) < 4.78 is 0. The third kappa shape index (κ3) is 6.12.